The molecule has 0 bridgehead atoms. The third-order valence-electron chi connectivity index (χ3n) is 4.84. The molecule has 0 unspecified atom stereocenters. The zero-order valence-corrected chi connectivity index (χ0v) is 15.0. The quantitative estimate of drug-likeness (QED) is 0.921. The van der Waals surface area contributed by atoms with Gasteiger partial charge in [0.25, 0.3) is 0 Å². The van der Waals surface area contributed by atoms with E-state index in [0.717, 1.165) is 35.5 Å². The van der Waals surface area contributed by atoms with Gasteiger partial charge in [-0.1, -0.05) is 18.2 Å². The number of nitrogens with one attached hydrogen (secondary N) is 1. The third-order valence-corrected chi connectivity index (χ3v) is 4.84. The molecule has 1 aromatic heterocycles. The summed E-state index contributed by atoms with van der Waals surface area (Å²) in [5, 5.41) is 7.07. The van der Waals surface area contributed by atoms with Crippen LogP contribution >= 0.6 is 0 Å². The predicted octanol–water partition coefficient (Wildman–Crippen LogP) is 1.68. The number of anilines is 1. The van der Waals surface area contributed by atoms with Crippen LogP contribution in [0.5, 0.6) is 0 Å². The molecule has 1 N–H and O–H groups in total. The standard InChI is InChI=1S/C19H24N4O2/c1-13-16(14(2)22(3)21-13)11-18(24)20-12-19(25)23-10-6-8-15-7-4-5-9-17(15)23/h4-5,7,9H,6,8,10-12H2,1-3H3,(H,20,24). The van der Waals surface area contributed by atoms with Crippen LogP contribution in [-0.2, 0) is 29.5 Å². The lowest BCUT2D eigenvalue weighted by Crippen LogP contribution is -2.43. The molecular weight excluding hydrogens is 316 g/mol. The molecule has 0 fully saturated rings. The number of nitrogens with zero attached hydrogens (tertiary/aromatic N) is 3. The average molecular weight is 340 g/mol. The lowest BCUT2D eigenvalue weighted by atomic mass is 10.0. The van der Waals surface area contributed by atoms with Crippen molar-refractivity contribution < 1.29 is 9.59 Å². The summed E-state index contributed by atoms with van der Waals surface area (Å²) < 4.78 is 1.77. The van der Waals surface area contributed by atoms with Crippen LogP contribution in [0.15, 0.2) is 24.3 Å². The molecule has 1 aliphatic rings. The van der Waals surface area contributed by atoms with Gasteiger partial charge in [0, 0.05) is 30.5 Å². The van der Waals surface area contributed by atoms with E-state index in [2.05, 4.69) is 16.5 Å². The first kappa shape index (κ1) is 17.2. The monoisotopic (exact) mass is 340 g/mol. The zero-order chi connectivity index (χ0) is 18.0. The number of amides is 2. The number of para-hydroxylation sites is 1. The highest BCUT2D eigenvalue weighted by molar-refractivity contribution is 5.97. The van der Waals surface area contributed by atoms with Gasteiger partial charge >= 0.3 is 0 Å². The summed E-state index contributed by atoms with van der Waals surface area (Å²) >= 11 is 0. The van der Waals surface area contributed by atoms with Gasteiger partial charge in [-0.25, -0.2) is 0 Å². The van der Waals surface area contributed by atoms with Crippen molar-refractivity contribution in [1.29, 1.82) is 0 Å². The zero-order valence-electron chi connectivity index (χ0n) is 15.0. The Morgan fingerprint density at radius 3 is 2.72 bits per heavy atom. The highest BCUT2D eigenvalue weighted by Gasteiger charge is 2.22. The number of carbonyl (C=O) groups excluding carboxylic acids is 2. The topological polar surface area (TPSA) is 67.2 Å². The van der Waals surface area contributed by atoms with Crippen LogP contribution in [0, 0.1) is 13.8 Å². The Morgan fingerprint density at radius 1 is 1.24 bits per heavy atom. The molecular formula is C19H24N4O2. The summed E-state index contributed by atoms with van der Waals surface area (Å²) in [5.74, 6) is -0.224. The lowest BCUT2D eigenvalue weighted by molar-refractivity contribution is -0.124. The molecule has 6 heteroatoms. The van der Waals surface area contributed by atoms with Crippen molar-refractivity contribution >= 4 is 17.5 Å². The maximum Gasteiger partial charge on any atom is 0.246 e. The minimum absolute atomic E-state index is 0.0194. The van der Waals surface area contributed by atoms with Crippen LogP contribution in [0.2, 0.25) is 0 Å². The highest BCUT2D eigenvalue weighted by Crippen LogP contribution is 2.26. The second kappa shape index (κ2) is 7.09. The first-order valence-electron chi connectivity index (χ1n) is 8.61. The number of aromatic nitrogens is 2. The Hall–Kier alpha value is -2.63. The number of fused-ring (bicyclic) bond motifs is 1. The van der Waals surface area contributed by atoms with Gasteiger partial charge in [-0.15, -0.1) is 0 Å². The van der Waals surface area contributed by atoms with Crippen molar-refractivity contribution in [3.05, 3.63) is 46.8 Å². The highest BCUT2D eigenvalue weighted by atomic mass is 16.2. The molecule has 0 spiro atoms. The fourth-order valence-electron chi connectivity index (χ4n) is 3.36. The van der Waals surface area contributed by atoms with Crippen LogP contribution in [0.1, 0.15) is 28.9 Å². The van der Waals surface area contributed by atoms with Crippen LogP contribution < -0.4 is 10.2 Å². The summed E-state index contributed by atoms with van der Waals surface area (Å²) in [6, 6.07) is 7.96. The van der Waals surface area contributed by atoms with Crippen molar-refractivity contribution in [3.63, 3.8) is 0 Å². The molecule has 25 heavy (non-hydrogen) atoms. The van der Waals surface area contributed by atoms with Gasteiger partial charge in [0.1, 0.15) is 0 Å². The van der Waals surface area contributed by atoms with E-state index < -0.39 is 0 Å². The van der Waals surface area contributed by atoms with Gasteiger partial charge in [-0.2, -0.15) is 5.10 Å². The molecule has 132 valence electrons. The van der Waals surface area contributed by atoms with E-state index in [1.54, 1.807) is 9.58 Å². The van der Waals surface area contributed by atoms with Crippen LogP contribution in [0.3, 0.4) is 0 Å². The van der Waals surface area contributed by atoms with E-state index in [0.29, 0.717) is 6.54 Å². The van der Waals surface area contributed by atoms with Gasteiger partial charge in [-0.3, -0.25) is 14.3 Å². The number of rotatable bonds is 4. The van der Waals surface area contributed by atoms with E-state index in [1.165, 1.54) is 5.56 Å². The Labute approximate surface area is 147 Å². The Kier molecular flexibility index (Phi) is 4.88. The molecule has 2 amide bonds. The van der Waals surface area contributed by atoms with Crippen LogP contribution in [-0.4, -0.2) is 34.7 Å². The fraction of sp³-hybridized carbons (Fsp3) is 0.421. The number of aryl methyl sites for hydroxylation is 3. The fourth-order valence-corrected chi connectivity index (χ4v) is 3.36. The maximum atomic E-state index is 12.6. The largest absolute Gasteiger partial charge is 0.347 e. The molecule has 0 radical (unpaired) electrons. The first-order valence-corrected chi connectivity index (χ1v) is 8.61. The Bertz CT molecular complexity index is 810. The third kappa shape index (κ3) is 3.57. The van der Waals surface area contributed by atoms with Crippen molar-refractivity contribution in [3.8, 4) is 0 Å². The predicted molar refractivity (Wildman–Crippen MR) is 96.5 cm³/mol. The minimum atomic E-state index is -0.155. The van der Waals surface area contributed by atoms with Gasteiger partial charge in [-0.05, 0) is 38.3 Å². The molecule has 3 rings (SSSR count). The maximum absolute atomic E-state index is 12.6. The second-order valence-electron chi connectivity index (χ2n) is 6.50. The second-order valence-corrected chi connectivity index (χ2v) is 6.50. The van der Waals surface area contributed by atoms with Gasteiger partial charge in [0.05, 0.1) is 18.7 Å². The van der Waals surface area contributed by atoms with Crippen molar-refractivity contribution in [2.45, 2.75) is 33.1 Å². The number of hydrogen-bond donors (Lipinski definition) is 1. The summed E-state index contributed by atoms with van der Waals surface area (Å²) in [6.07, 6.45) is 2.19. The van der Waals surface area contributed by atoms with Gasteiger partial charge < -0.3 is 10.2 Å². The molecule has 6 nitrogen and oxygen atoms in total. The lowest BCUT2D eigenvalue weighted by Gasteiger charge is -2.29. The number of benzene rings is 1. The van der Waals surface area contributed by atoms with Crippen molar-refractivity contribution in [2.24, 2.45) is 7.05 Å². The smallest absolute Gasteiger partial charge is 0.246 e. The van der Waals surface area contributed by atoms with Crippen LogP contribution in [0.25, 0.3) is 0 Å². The molecule has 1 aliphatic heterocycles. The number of hydrogen-bond acceptors (Lipinski definition) is 3. The Balaban J connectivity index is 1.60. The molecule has 0 aliphatic carbocycles. The van der Waals surface area contributed by atoms with E-state index in [1.807, 2.05) is 39.1 Å². The minimum Gasteiger partial charge on any atom is -0.347 e. The molecule has 1 aromatic carbocycles. The molecule has 2 aromatic rings. The van der Waals surface area contributed by atoms with Gasteiger partial charge in [0.15, 0.2) is 0 Å². The average Bonchev–Trinajstić information content (AvgIpc) is 2.85. The number of carbonyl (C=O) groups is 2. The normalized spacial score (nSPS) is 13.5. The van der Waals surface area contributed by atoms with Crippen molar-refractivity contribution in [2.75, 3.05) is 18.0 Å². The SMILES string of the molecule is Cc1nn(C)c(C)c1CC(=O)NCC(=O)N1CCCc2ccccc21. The van der Waals surface area contributed by atoms with E-state index >= 15 is 0 Å². The van der Waals surface area contributed by atoms with Crippen LogP contribution in [0.4, 0.5) is 5.69 Å². The van der Waals surface area contributed by atoms with Crippen molar-refractivity contribution in [1.82, 2.24) is 15.1 Å². The molecule has 2 heterocycles. The van der Waals surface area contributed by atoms with E-state index in [9.17, 15) is 9.59 Å². The Morgan fingerprint density at radius 2 is 2.00 bits per heavy atom. The van der Waals surface area contributed by atoms with Gasteiger partial charge in [0.2, 0.25) is 11.8 Å². The van der Waals surface area contributed by atoms with E-state index in [-0.39, 0.29) is 24.8 Å². The summed E-state index contributed by atoms with van der Waals surface area (Å²) in [4.78, 5) is 26.6. The molecule has 0 saturated heterocycles. The summed E-state index contributed by atoms with van der Waals surface area (Å²) in [6.45, 7) is 4.56. The van der Waals surface area contributed by atoms with E-state index in [4.69, 9.17) is 0 Å². The summed E-state index contributed by atoms with van der Waals surface area (Å²) in [5.41, 5.74) is 4.91. The molecule has 0 saturated carbocycles. The first-order chi connectivity index (χ1) is 12.0. The molecule has 0 atom stereocenters. The summed E-state index contributed by atoms with van der Waals surface area (Å²) in [7, 11) is 1.86.